The fourth-order valence-electron chi connectivity index (χ4n) is 5.30. The van der Waals surface area contributed by atoms with E-state index in [1.807, 2.05) is 30.3 Å². The summed E-state index contributed by atoms with van der Waals surface area (Å²) in [6.45, 7) is 0.526. The molecule has 6 nitrogen and oxygen atoms in total. The van der Waals surface area contributed by atoms with Gasteiger partial charge in [0.15, 0.2) is 5.82 Å². The number of aromatic nitrogens is 5. The van der Waals surface area contributed by atoms with Crippen molar-refractivity contribution >= 4 is 0 Å². The van der Waals surface area contributed by atoms with Crippen LogP contribution in [0.2, 0.25) is 0 Å². The summed E-state index contributed by atoms with van der Waals surface area (Å²) in [6.07, 6.45) is 3.78. The molecule has 2 aromatic heterocycles. The van der Waals surface area contributed by atoms with Crippen LogP contribution in [-0.4, -0.2) is 45.2 Å². The molecule has 1 aromatic carbocycles. The Morgan fingerprint density at radius 1 is 1.06 bits per heavy atom. The van der Waals surface area contributed by atoms with Crippen LogP contribution in [0.5, 0.6) is 0 Å². The predicted octanol–water partition coefficient (Wildman–Crippen LogP) is 4.51. The lowest BCUT2D eigenvalue weighted by Gasteiger charge is -2.34. The second-order valence-corrected chi connectivity index (χ2v) is 8.70. The Balaban J connectivity index is 1.86. The molecule has 0 unspecified atom stereocenters. The van der Waals surface area contributed by atoms with Crippen LogP contribution in [0, 0.1) is 0 Å². The Labute approximate surface area is 179 Å². The summed E-state index contributed by atoms with van der Waals surface area (Å²) in [5.74, 6) is -2.30. The molecule has 0 spiro atoms. The third kappa shape index (κ3) is 3.52. The molecule has 0 amide bonds. The number of aryl methyl sites for hydroxylation is 1. The molecule has 2 aliphatic rings. The summed E-state index contributed by atoms with van der Waals surface area (Å²) in [7, 11) is 1.70. The van der Waals surface area contributed by atoms with Gasteiger partial charge < -0.3 is 4.74 Å². The predicted molar refractivity (Wildman–Crippen MR) is 112 cm³/mol. The molecule has 0 atom stereocenters. The van der Waals surface area contributed by atoms with Crippen molar-refractivity contribution in [3.63, 3.8) is 0 Å². The molecule has 1 N–H and O–H groups in total. The number of halogens is 2. The van der Waals surface area contributed by atoms with Gasteiger partial charge in [-0.25, -0.2) is 13.9 Å². The minimum atomic E-state index is -2.76. The monoisotopic (exact) mass is 425 g/mol. The van der Waals surface area contributed by atoms with E-state index in [4.69, 9.17) is 9.72 Å². The molecule has 3 aromatic rings. The normalized spacial score (nSPS) is 19.3. The maximum atomic E-state index is 14.6. The number of benzene rings is 1. The van der Waals surface area contributed by atoms with Gasteiger partial charge in [-0.2, -0.15) is 0 Å². The second-order valence-electron chi connectivity index (χ2n) is 8.70. The fraction of sp³-hybridized carbons (Fsp3) is 0.478. The summed E-state index contributed by atoms with van der Waals surface area (Å²) in [5, 5.41) is 14.6. The first-order chi connectivity index (χ1) is 15.0. The zero-order valence-electron chi connectivity index (χ0n) is 17.5. The van der Waals surface area contributed by atoms with Crippen LogP contribution in [-0.2, 0) is 23.0 Å². The SMILES string of the molecule is COCC1(c2nc3c(c(-c4ccccc4)c2-c2nnn[nH]2)CC(F)(F)CC3)CCCC1. The summed E-state index contributed by atoms with van der Waals surface area (Å²) in [6, 6.07) is 9.68. The average molecular weight is 425 g/mol. The largest absolute Gasteiger partial charge is 0.384 e. The zero-order valence-corrected chi connectivity index (χ0v) is 17.5. The smallest absolute Gasteiger partial charge is 0.252 e. The number of aromatic amines is 1. The zero-order chi connectivity index (χ0) is 21.5. The van der Waals surface area contributed by atoms with E-state index in [1.165, 1.54) is 0 Å². The molecular weight excluding hydrogens is 400 g/mol. The molecule has 2 heterocycles. The fourth-order valence-corrected chi connectivity index (χ4v) is 5.30. The number of alkyl halides is 2. The topological polar surface area (TPSA) is 76.6 Å². The van der Waals surface area contributed by atoms with E-state index in [2.05, 4.69) is 20.6 Å². The van der Waals surface area contributed by atoms with E-state index >= 15 is 0 Å². The number of H-pyrrole nitrogens is 1. The first-order valence-electron chi connectivity index (χ1n) is 10.8. The minimum absolute atomic E-state index is 0.179. The Kier molecular flexibility index (Phi) is 5.04. The van der Waals surface area contributed by atoms with Crippen LogP contribution in [0.25, 0.3) is 22.5 Å². The van der Waals surface area contributed by atoms with Crippen LogP contribution in [0.1, 0.15) is 49.1 Å². The number of methoxy groups -OCH3 is 1. The van der Waals surface area contributed by atoms with Crippen LogP contribution in [0.3, 0.4) is 0 Å². The molecule has 31 heavy (non-hydrogen) atoms. The van der Waals surface area contributed by atoms with Gasteiger partial charge in [0.05, 0.1) is 17.9 Å². The van der Waals surface area contributed by atoms with E-state index in [0.717, 1.165) is 53.8 Å². The molecule has 5 rings (SSSR count). The lowest BCUT2D eigenvalue weighted by atomic mass is 9.76. The number of rotatable bonds is 5. The number of nitrogens with one attached hydrogen (secondary N) is 1. The van der Waals surface area contributed by atoms with Crippen molar-refractivity contribution in [3.8, 4) is 22.5 Å². The van der Waals surface area contributed by atoms with E-state index in [-0.39, 0.29) is 24.7 Å². The number of pyridine rings is 1. The van der Waals surface area contributed by atoms with Crippen LogP contribution in [0.15, 0.2) is 30.3 Å². The maximum Gasteiger partial charge on any atom is 0.252 e. The van der Waals surface area contributed by atoms with Crippen molar-refractivity contribution in [2.75, 3.05) is 13.7 Å². The Morgan fingerprint density at radius 3 is 2.52 bits per heavy atom. The summed E-state index contributed by atoms with van der Waals surface area (Å²) in [5.41, 5.74) is 4.31. The second kappa shape index (κ2) is 7.75. The summed E-state index contributed by atoms with van der Waals surface area (Å²) >= 11 is 0. The van der Waals surface area contributed by atoms with Gasteiger partial charge in [-0.3, -0.25) is 4.98 Å². The van der Waals surface area contributed by atoms with Crippen molar-refractivity contribution < 1.29 is 13.5 Å². The molecule has 0 radical (unpaired) electrons. The Bertz CT molecular complexity index is 1060. The van der Waals surface area contributed by atoms with E-state index in [9.17, 15) is 8.78 Å². The molecule has 1 fully saturated rings. The molecule has 1 saturated carbocycles. The highest BCUT2D eigenvalue weighted by Gasteiger charge is 2.44. The van der Waals surface area contributed by atoms with Crippen molar-refractivity contribution in [3.05, 3.63) is 47.3 Å². The van der Waals surface area contributed by atoms with Crippen LogP contribution >= 0.6 is 0 Å². The average Bonchev–Trinajstić information content (AvgIpc) is 3.46. The molecule has 162 valence electrons. The van der Waals surface area contributed by atoms with E-state index in [0.29, 0.717) is 18.0 Å². The molecule has 0 aliphatic heterocycles. The highest BCUT2D eigenvalue weighted by Crippen LogP contribution is 2.49. The number of tetrazole rings is 1. The molecule has 0 saturated heterocycles. The number of ether oxygens (including phenoxy) is 1. The van der Waals surface area contributed by atoms with Gasteiger partial charge in [0.2, 0.25) is 0 Å². The third-order valence-electron chi connectivity index (χ3n) is 6.67. The number of hydrogen-bond donors (Lipinski definition) is 1. The first kappa shape index (κ1) is 20.2. The highest BCUT2D eigenvalue weighted by atomic mass is 19.3. The van der Waals surface area contributed by atoms with Crippen molar-refractivity contribution in [2.24, 2.45) is 0 Å². The van der Waals surface area contributed by atoms with Gasteiger partial charge in [-0.1, -0.05) is 43.2 Å². The first-order valence-corrected chi connectivity index (χ1v) is 10.8. The maximum absolute atomic E-state index is 14.6. The van der Waals surface area contributed by atoms with Gasteiger partial charge in [-0.05, 0) is 46.4 Å². The lowest BCUT2D eigenvalue weighted by Crippen LogP contribution is -2.33. The molecular formula is C23H25F2N5O. The minimum Gasteiger partial charge on any atom is -0.384 e. The number of hydrogen-bond acceptors (Lipinski definition) is 5. The highest BCUT2D eigenvalue weighted by molar-refractivity contribution is 5.86. The standard InChI is InChI=1S/C23H25F2N5O/c1-31-14-22(10-5-6-11-22)20-19(21-27-29-30-28-21)18(15-7-3-2-4-8-15)16-13-23(24,25)12-9-17(16)26-20/h2-4,7-8H,5-6,9-14H2,1H3,(H,27,28,29,30). The summed E-state index contributed by atoms with van der Waals surface area (Å²) < 4.78 is 34.8. The Morgan fingerprint density at radius 2 is 1.84 bits per heavy atom. The quantitative estimate of drug-likeness (QED) is 0.651. The van der Waals surface area contributed by atoms with Crippen molar-refractivity contribution in [1.82, 2.24) is 25.6 Å². The van der Waals surface area contributed by atoms with Crippen molar-refractivity contribution in [1.29, 1.82) is 0 Å². The van der Waals surface area contributed by atoms with Gasteiger partial charge in [-0.15, -0.1) is 5.10 Å². The lowest BCUT2D eigenvalue weighted by molar-refractivity contribution is -0.0127. The van der Waals surface area contributed by atoms with E-state index in [1.54, 1.807) is 7.11 Å². The summed E-state index contributed by atoms with van der Waals surface area (Å²) in [4.78, 5) is 5.06. The van der Waals surface area contributed by atoms with E-state index < -0.39 is 5.92 Å². The number of fused-ring (bicyclic) bond motifs is 1. The van der Waals surface area contributed by atoms with Gasteiger partial charge in [0.1, 0.15) is 0 Å². The van der Waals surface area contributed by atoms with Gasteiger partial charge in [0, 0.05) is 31.1 Å². The van der Waals surface area contributed by atoms with Crippen LogP contribution in [0.4, 0.5) is 8.78 Å². The third-order valence-corrected chi connectivity index (χ3v) is 6.67. The van der Waals surface area contributed by atoms with Gasteiger partial charge in [0.25, 0.3) is 5.92 Å². The molecule has 2 aliphatic carbocycles. The van der Waals surface area contributed by atoms with Gasteiger partial charge >= 0.3 is 0 Å². The molecule has 0 bridgehead atoms. The number of nitrogens with zero attached hydrogens (tertiary/aromatic N) is 4. The Hall–Kier alpha value is -2.74. The van der Waals surface area contributed by atoms with Crippen LogP contribution < -0.4 is 0 Å². The van der Waals surface area contributed by atoms with Crippen molar-refractivity contribution in [2.45, 2.75) is 56.3 Å². The molecule has 8 heteroatoms.